The molecule has 96 valence electrons. The van der Waals surface area contributed by atoms with Gasteiger partial charge in [0, 0.05) is 0 Å². The van der Waals surface area contributed by atoms with E-state index in [1.807, 2.05) is 25.1 Å². The number of rotatable bonds is 4. The molecule has 0 spiro atoms. The Balaban J connectivity index is 2.01. The summed E-state index contributed by atoms with van der Waals surface area (Å²) in [6.45, 7) is 3.87. The van der Waals surface area contributed by atoms with Crippen molar-refractivity contribution in [1.82, 2.24) is 15.3 Å². The average Bonchev–Trinajstić information content (AvgIpc) is 2.67. The van der Waals surface area contributed by atoms with Crippen LogP contribution in [0.2, 0.25) is 0 Å². The molecule has 2 aromatic rings. The van der Waals surface area contributed by atoms with Gasteiger partial charge in [-0.3, -0.25) is 5.32 Å². The third-order valence-corrected chi connectivity index (χ3v) is 2.48. The molecule has 1 atom stereocenters. The zero-order valence-corrected chi connectivity index (χ0v) is 10.2. The first-order chi connectivity index (χ1) is 8.54. The number of carbonyl (C=O) groups is 1. The molecule has 1 aromatic carbocycles. The van der Waals surface area contributed by atoms with Gasteiger partial charge in [-0.05, 0) is 31.5 Å². The van der Waals surface area contributed by atoms with E-state index in [0.717, 1.165) is 16.6 Å². The monoisotopic (exact) mass is 249 g/mol. The highest BCUT2D eigenvalue weighted by molar-refractivity contribution is 5.75. The molecule has 0 aliphatic carbocycles. The van der Waals surface area contributed by atoms with Crippen LogP contribution in [0.1, 0.15) is 18.3 Å². The number of imidazole rings is 1. The Bertz CT molecular complexity index is 565. The molecule has 0 aliphatic heterocycles. The average molecular weight is 249 g/mol. The fraction of sp³-hybridized carbons (Fsp3) is 0.333. The minimum atomic E-state index is -1.11. The number of aromatic nitrogens is 2. The van der Waals surface area contributed by atoms with E-state index < -0.39 is 12.3 Å². The molecule has 0 radical (unpaired) electrons. The molecule has 0 bridgehead atoms. The van der Waals surface area contributed by atoms with Crippen LogP contribution in [0.25, 0.3) is 11.0 Å². The standard InChI is InChI=1S/C12H15N3O3/c1-7-3-4-9-10(5-7)15-11(14-9)6-18-8(2)13-12(16)17/h3-5,8,13H,6H2,1-2H3,(H,14,15)(H,16,17). The van der Waals surface area contributed by atoms with Crippen LogP contribution in [-0.2, 0) is 11.3 Å². The van der Waals surface area contributed by atoms with Gasteiger partial charge in [0.05, 0.1) is 11.0 Å². The zero-order chi connectivity index (χ0) is 13.1. The van der Waals surface area contributed by atoms with Crippen molar-refractivity contribution < 1.29 is 14.6 Å². The van der Waals surface area contributed by atoms with Gasteiger partial charge >= 0.3 is 6.09 Å². The minimum Gasteiger partial charge on any atom is -0.465 e. The smallest absolute Gasteiger partial charge is 0.406 e. The topological polar surface area (TPSA) is 87.2 Å². The van der Waals surface area contributed by atoms with Crippen molar-refractivity contribution in [3.63, 3.8) is 0 Å². The summed E-state index contributed by atoms with van der Waals surface area (Å²) in [5.74, 6) is 0.676. The molecule has 0 aliphatic rings. The van der Waals surface area contributed by atoms with Gasteiger partial charge in [0.2, 0.25) is 0 Å². The maximum Gasteiger partial charge on any atom is 0.406 e. The number of aryl methyl sites for hydroxylation is 1. The van der Waals surface area contributed by atoms with Gasteiger partial charge < -0.3 is 14.8 Å². The zero-order valence-electron chi connectivity index (χ0n) is 10.2. The third-order valence-electron chi connectivity index (χ3n) is 2.48. The number of H-pyrrole nitrogens is 1. The molecule has 2 rings (SSSR count). The lowest BCUT2D eigenvalue weighted by Crippen LogP contribution is -2.33. The van der Waals surface area contributed by atoms with Crippen molar-refractivity contribution in [3.8, 4) is 0 Å². The van der Waals surface area contributed by atoms with Crippen LogP contribution in [0.4, 0.5) is 4.79 Å². The molecule has 0 saturated heterocycles. The van der Waals surface area contributed by atoms with Crippen molar-refractivity contribution in [2.24, 2.45) is 0 Å². The summed E-state index contributed by atoms with van der Waals surface area (Å²) in [6, 6.07) is 5.93. The quantitative estimate of drug-likeness (QED) is 0.723. The lowest BCUT2D eigenvalue weighted by molar-refractivity contribution is 0.0289. The number of benzene rings is 1. The number of hydrogen-bond acceptors (Lipinski definition) is 3. The van der Waals surface area contributed by atoms with Crippen LogP contribution in [0.3, 0.4) is 0 Å². The summed E-state index contributed by atoms with van der Waals surface area (Å²) in [7, 11) is 0. The molecule has 3 N–H and O–H groups in total. The minimum absolute atomic E-state index is 0.231. The Morgan fingerprint density at radius 3 is 3.11 bits per heavy atom. The van der Waals surface area contributed by atoms with E-state index in [0.29, 0.717) is 5.82 Å². The van der Waals surface area contributed by atoms with Gasteiger partial charge in [0.15, 0.2) is 0 Å². The van der Waals surface area contributed by atoms with E-state index >= 15 is 0 Å². The van der Waals surface area contributed by atoms with Crippen LogP contribution in [-0.4, -0.2) is 27.4 Å². The van der Waals surface area contributed by atoms with Crippen LogP contribution in [0, 0.1) is 6.92 Å². The molecule has 1 aromatic heterocycles. The lowest BCUT2D eigenvalue weighted by Gasteiger charge is -2.10. The number of aromatic amines is 1. The first kappa shape index (κ1) is 12.4. The van der Waals surface area contributed by atoms with Gasteiger partial charge in [0.25, 0.3) is 0 Å². The molecule has 6 heteroatoms. The number of nitrogens with one attached hydrogen (secondary N) is 2. The summed E-state index contributed by atoms with van der Waals surface area (Å²) in [4.78, 5) is 17.9. The molecule has 0 fully saturated rings. The van der Waals surface area contributed by atoms with Gasteiger partial charge in [-0.15, -0.1) is 0 Å². The summed E-state index contributed by atoms with van der Waals surface area (Å²) < 4.78 is 5.31. The van der Waals surface area contributed by atoms with E-state index in [1.54, 1.807) is 6.92 Å². The number of amides is 1. The van der Waals surface area contributed by atoms with Gasteiger partial charge in [-0.1, -0.05) is 6.07 Å². The molecule has 0 saturated carbocycles. The van der Waals surface area contributed by atoms with Gasteiger partial charge in [0.1, 0.15) is 18.7 Å². The first-order valence-electron chi connectivity index (χ1n) is 5.61. The summed E-state index contributed by atoms with van der Waals surface area (Å²) in [5, 5.41) is 10.7. The SMILES string of the molecule is Cc1ccc2nc(COC(C)NC(=O)O)[nH]c2c1. The second-order valence-corrected chi connectivity index (χ2v) is 4.11. The predicted molar refractivity (Wildman–Crippen MR) is 66.2 cm³/mol. The molecule has 1 heterocycles. The van der Waals surface area contributed by atoms with E-state index in [1.165, 1.54) is 0 Å². The van der Waals surface area contributed by atoms with Crippen molar-refractivity contribution in [2.75, 3.05) is 0 Å². The Morgan fingerprint density at radius 1 is 1.61 bits per heavy atom. The second kappa shape index (κ2) is 5.05. The van der Waals surface area contributed by atoms with E-state index in [4.69, 9.17) is 9.84 Å². The normalized spacial score (nSPS) is 12.6. The molecule has 6 nitrogen and oxygen atoms in total. The molecule has 1 amide bonds. The number of hydrogen-bond donors (Lipinski definition) is 3. The number of nitrogens with zero attached hydrogens (tertiary/aromatic N) is 1. The fourth-order valence-electron chi connectivity index (χ4n) is 1.66. The molecular weight excluding hydrogens is 234 g/mol. The second-order valence-electron chi connectivity index (χ2n) is 4.11. The highest BCUT2D eigenvalue weighted by Gasteiger charge is 2.07. The Labute approximate surface area is 104 Å². The van der Waals surface area contributed by atoms with Gasteiger partial charge in [-0.25, -0.2) is 9.78 Å². The Morgan fingerprint density at radius 2 is 2.39 bits per heavy atom. The fourth-order valence-corrected chi connectivity index (χ4v) is 1.66. The van der Waals surface area contributed by atoms with Crippen LogP contribution >= 0.6 is 0 Å². The van der Waals surface area contributed by atoms with Crippen molar-refractivity contribution in [3.05, 3.63) is 29.6 Å². The predicted octanol–water partition coefficient (Wildman–Crippen LogP) is 2.00. The van der Waals surface area contributed by atoms with Crippen LogP contribution in [0.5, 0.6) is 0 Å². The largest absolute Gasteiger partial charge is 0.465 e. The third kappa shape index (κ3) is 2.98. The van der Waals surface area contributed by atoms with E-state index in [-0.39, 0.29) is 6.61 Å². The van der Waals surface area contributed by atoms with Crippen molar-refractivity contribution in [1.29, 1.82) is 0 Å². The molecular formula is C12H15N3O3. The molecule has 1 unspecified atom stereocenters. The highest BCUT2D eigenvalue weighted by Crippen LogP contribution is 2.13. The Kier molecular flexibility index (Phi) is 3.47. The summed E-state index contributed by atoms with van der Waals surface area (Å²) in [6.07, 6.45) is -1.68. The maximum absolute atomic E-state index is 10.4. The summed E-state index contributed by atoms with van der Waals surface area (Å²) >= 11 is 0. The maximum atomic E-state index is 10.4. The highest BCUT2D eigenvalue weighted by atomic mass is 16.5. The lowest BCUT2D eigenvalue weighted by atomic mass is 10.2. The van der Waals surface area contributed by atoms with Crippen molar-refractivity contribution in [2.45, 2.75) is 26.7 Å². The van der Waals surface area contributed by atoms with E-state index in [2.05, 4.69) is 15.3 Å². The number of fused-ring (bicyclic) bond motifs is 1. The first-order valence-corrected chi connectivity index (χ1v) is 5.61. The Hall–Kier alpha value is -2.08. The summed E-state index contributed by atoms with van der Waals surface area (Å²) in [5.41, 5.74) is 2.98. The number of ether oxygens (including phenoxy) is 1. The molecule has 18 heavy (non-hydrogen) atoms. The van der Waals surface area contributed by atoms with Crippen LogP contribution in [0.15, 0.2) is 18.2 Å². The number of carboxylic acid groups (broad SMARTS) is 1. The van der Waals surface area contributed by atoms with Crippen LogP contribution < -0.4 is 5.32 Å². The van der Waals surface area contributed by atoms with E-state index in [9.17, 15) is 4.79 Å². The van der Waals surface area contributed by atoms with Gasteiger partial charge in [-0.2, -0.15) is 0 Å². The van der Waals surface area contributed by atoms with Crippen molar-refractivity contribution >= 4 is 17.1 Å².